The van der Waals surface area contributed by atoms with Gasteiger partial charge in [0.2, 0.25) is 17.7 Å². The number of carbonyl (C=O) groups excluding carboxylic acids is 3. The van der Waals surface area contributed by atoms with Gasteiger partial charge in [0.1, 0.15) is 11.6 Å². The first kappa shape index (κ1) is 28.4. The van der Waals surface area contributed by atoms with Crippen LogP contribution in [-0.4, -0.2) is 77.0 Å². The van der Waals surface area contributed by atoms with Gasteiger partial charge in [0.25, 0.3) is 0 Å². The van der Waals surface area contributed by atoms with Gasteiger partial charge >= 0.3 is 0 Å². The number of fused-ring (bicyclic) bond motifs is 1. The van der Waals surface area contributed by atoms with Gasteiger partial charge in [-0.3, -0.25) is 19.3 Å². The molecule has 8 heteroatoms. The van der Waals surface area contributed by atoms with Crippen LogP contribution in [0, 0.1) is 11.8 Å². The van der Waals surface area contributed by atoms with Crippen LogP contribution in [0.1, 0.15) is 83.6 Å². The lowest BCUT2D eigenvalue weighted by molar-refractivity contribution is -0.141. The van der Waals surface area contributed by atoms with Crippen LogP contribution in [0.15, 0.2) is 36.4 Å². The number of likely N-dealkylation sites (tertiary alicyclic amines) is 2. The number of nitrogens with one attached hydrogen (secondary N) is 2. The minimum absolute atomic E-state index is 0.126. The fourth-order valence-electron chi connectivity index (χ4n) is 7.94. The topological polar surface area (TPSA) is 91.0 Å². The molecule has 0 radical (unpaired) electrons. The maximum Gasteiger partial charge on any atom is 0.246 e. The molecule has 3 saturated heterocycles. The highest BCUT2D eigenvalue weighted by Gasteiger charge is 2.72. The number of anilines is 1. The molecule has 4 aliphatic heterocycles. The zero-order valence-electron chi connectivity index (χ0n) is 24.8. The average Bonchev–Trinajstić information content (AvgIpc) is 3.60. The van der Waals surface area contributed by atoms with Crippen molar-refractivity contribution in [1.29, 1.82) is 0 Å². The summed E-state index contributed by atoms with van der Waals surface area (Å²) in [5.41, 5.74) is 0.787. The van der Waals surface area contributed by atoms with Crippen LogP contribution >= 0.6 is 0 Å². The summed E-state index contributed by atoms with van der Waals surface area (Å²) in [5, 5.41) is 6.33. The number of hydrogen-bond acceptors (Lipinski definition) is 5. The maximum absolute atomic E-state index is 14.3. The lowest BCUT2D eigenvalue weighted by atomic mass is 9.74. The van der Waals surface area contributed by atoms with Crippen LogP contribution in [0.2, 0.25) is 0 Å². The first-order valence-electron chi connectivity index (χ1n) is 15.9. The van der Waals surface area contributed by atoms with Gasteiger partial charge in [0.15, 0.2) is 0 Å². The van der Waals surface area contributed by atoms with E-state index in [1.165, 1.54) is 18.4 Å². The molecule has 1 aliphatic carbocycles. The molecule has 1 spiro atoms. The number of nitrogens with zero attached hydrogens (tertiary/aromatic N) is 2. The van der Waals surface area contributed by atoms with E-state index in [1.807, 2.05) is 36.4 Å². The first-order valence-corrected chi connectivity index (χ1v) is 15.9. The van der Waals surface area contributed by atoms with Crippen molar-refractivity contribution in [3.05, 3.63) is 42.0 Å². The molecular weight excluding hydrogens is 516 g/mol. The van der Waals surface area contributed by atoms with Gasteiger partial charge in [-0.15, -0.1) is 0 Å². The van der Waals surface area contributed by atoms with Gasteiger partial charge in [0, 0.05) is 30.9 Å². The van der Waals surface area contributed by atoms with Gasteiger partial charge in [-0.05, 0) is 62.8 Å². The zero-order valence-corrected chi connectivity index (χ0v) is 24.8. The number of ether oxygens (including phenoxy) is 1. The molecule has 1 saturated carbocycles. The second-order valence-corrected chi connectivity index (χ2v) is 13.2. The van der Waals surface area contributed by atoms with Crippen LogP contribution in [-0.2, 0) is 19.1 Å². The molecule has 6 atom stereocenters. The van der Waals surface area contributed by atoms with E-state index in [9.17, 15) is 14.4 Å². The molecule has 4 heterocycles. The van der Waals surface area contributed by atoms with Crippen molar-refractivity contribution < 1.29 is 19.1 Å². The summed E-state index contributed by atoms with van der Waals surface area (Å²) in [4.78, 5) is 46.2. The Bertz CT molecular complexity index is 1180. The number of rotatable bonds is 8. The highest BCUT2D eigenvalue weighted by molar-refractivity contribution is 6.02. The number of benzene rings is 1. The van der Waals surface area contributed by atoms with Crippen molar-refractivity contribution in [3.8, 4) is 0 Å². The molecule has 1 aromatic carbocycles. The van der Waals surface area contributed by atoms with E-state index in [0.717, 1.165) is 51.6 Å². The average molecular weight is 563 g/mol. The van der Waals surface area contributed by atoms with E-state index < -0.39 is 29.6 Å². The monoisotopic (exact) mass is 562 g/mol. The second kappa shape index (κ2) is 11.5. The Morgan fingerprint density at radius 3 is 2.44 bits per heavy atom. The highest BCUT2D eigenvalue weighted by atomic mass is 16.5. The molecular formula is C33H46N4O4. The van der Waals surface area contributed by atoms with Crippen molar-refractivity contribution in [3.63, 3.8) is 0 Å². The quantitative estimate of drug-likeness (QED) is 0.463. The molecule has 6 unspecified atom stereocenters. The number of amides is 3. The van der Waals surface area contributed by atoms with E-state index in [2.05, 4.69) is 36.3 Å². The molecule has 0 aromatic heterocycles. The van der Waals surface area contributed by atoms with Crippen molar-refractivity contribution in [2.24, 2.45) is 11.8 Å². The third-order valence-corrected chi connectivity index (χ3v) is 10.3. The normalized spacial score (nSPS) is 33.4. The second-order valence-electron chi connectivity index (χ2n) is 13.2. The molecule has 2 N–H and O–H groups in total. The Balaban J connectivity index is 1.25. The lowest BCUT2D eigenvalue weighted by Gasteiger charge is -2.37. The van der Waals surface area contributed by atoms with Crippen LogP contribution in [0.5, 0.6) is 0 Å². The molecule has 222 valence electrons. The van der Waals surface area contributed by atoms with E-state index in [-0.39, 0.29) is 23.8 Å². The summed E-state index contributed by atoms with van der Waals surface area (Å²) in [6.07, 6.45) is 12.2. The largest absolute Gasteiger partial charge is 0.359 e. The van der Waals surface area contributed by atoms with Gasteiger partial charge in [-0.25, -0.2) is 0 Å². The minimum Gasteiger partial charge on any atom is -0.359 e. The van der Waals surface area contributed by atoms with Crippen LogP contribution in [0.4, 0.5) is 5.69 Å². The Labute approximate surface area is 244 Å². The van der Waals surface area contributed by atoms with Crippen molar-refractivity contribution in [2.45, 2.75) is 108 Å². The molecule has 2 bridgehead atoms. The van der Waals surface area contributed by atoms with E-state index in [1.54, 1.807) is 4.90 Å². The molecule has 8 nitrogen and oxygen atoms in total. The summed E-state index contributed by atoms with van der Waals surface area (Å²) in [6.45, 7) is 8.70. The maximum atomic E-state index is 14.3. The van der Waals surface area contributed by atoms with Crippen LogP contribution in [0.25, 0.3) is 0 Å². The fraction of sp³-hybridized carbons (Fsp3) is 0.667. The Morgan fingerprint density at radius 1 is 1.00 bits per heavy atom. The molecule has 1 aromatic rings. The molecule has 5 aliphatic rings. The van der Waals surface area contributed by atoms with E-state index >= 15 is 0 Å². The fourth-order valence-corrected chi connectivity index (χ4v) is 7.94. The Hall–Kier alpha value is -2.71. The van der Waals surface area contributed by atoms with Gasteiger partial charge in [-0.2, -0.15) is 0 Å². The van der Waals surface area contributed by atoms with Gasteiger partial charge in [-0.1, -0.05) is 63.8 Å². The SMILES string of the molecule is CC(C)c1ccc(NC(=O)C2C3C=CC4(O3)C2C(=O)N(CCN2CCCCC2C)C4C(=O)NC2CCCCC2)cc1. The smallest absolute Gasteiger partial charge is 0.246 e. The van der Waals surface area contributed by atoms with Crippen molar-refractivity contribution in [2.75, 3.05) is 25.0 Å². The van der Waals surface area contributed by atoms with Gasteiger partial charge in [0.05, 0.1) is 17.9 Å². The molecule has 6 rings (SSSR count). The number of piperidine rings is 1. The van der Waals surface area contributed by atoms with E-state index in [0.29, 0.717) is 24.2 Å². The van der Waals surface area contributed by atoms with E-state index in [4.69, 9.17) is 4.74 Å². The van der Waals surface area contributed by atoms with Gasteiger partial charge < -0.3 is 20.3 Å². The van der Waals surface area contributed by atoms with Crippen LogP contribution < -0.4 is 10.6 Å². The Morgan fingerprint density at radius 2 is 1.73 bits per heavy atom. The number of carbonyl (C=O) groups is 3. The predicted molar refractivity (Wildman–Crippen MR) is 158 cm³/mol. The Kier molecular flexibility index (Phi) is 7.98. The third-order valence-electron chi connectivity index (χ3n) is 10.3. The summed E-state index contributed by atoms with van der Waals surface area (Å²) in [6, 6.07) is 7.68. The number of hydrogen-bond donors (Lipinski definition) is 2. The summed E-state index contributed by atoms with van der Waals surface area (Å²) >= 11 is 0. The lowest BCUT2D eigenvalue weighted by Crippen LogP contribution is -2.57. The first-order chi connectivity index (χ1) is 19.8. The highest BCUT2D eigenvalue weighted by Crippen LogP contribution is 2.55. The summed E-state index contributed by atoms with van der Waals surface area (Å²) in [5.74, 6) is -1.50. The predicted octanol–water partition coefficient (Wildman–Crippen LogP) is 4.22. The summed E-state index contributed by atoms with van der Waals surface area (Å²) < 4.78 is 6.53. The standard InChI is InChI=1S/C33H46N4O4/c1-21(2)23-12-14-25(15-13-23)34-30(38)27-26-16-17-33(41-26)28(27)32(40)37(20-19-36-18-8-7-9-22(36)3)29(33)31(39)35-24-10-5-4-6-11-24/h12-17,21-22,24,26-29H,4-11,18-20H2,1-3H3,(H,34,38)(H,35,39). The third kappa shape index (κ3) is 5.22. The minimum atomic E-state index is -1.11. The molecule has 41 heavy (non-hydrogen) atoms. The van der Waals surface area contributed by atoms with Crippen LogP contribution in [0.3, 0.4) is 0 Å². The molecule has 3 amide bonds. The molecule has 4 fully saturated rings. The summed E-state index contributed by atoms with van der Waals surface area (Å²) in [7, 11) is 0. The van der Waals surface area contributed by atoms with Crippen molar-refractivity contribution >= 4 is 23.4 Å². The van der Waals surface area contributed by atoms with Crippen molar-refractivity contribution in [1.82, 2.24) is 15.1 Å². The zero-order chi connectivity index (χ0) is 28.7.